The number of rotatable bonds is 42. The first kappa shape index (κ1) is 50.4. The fourth-order valence-electron chi connectivity index (χ4n) is 6.54. The molecule has 0 aromatic rings. The molecule has 0 spiro atoms. The lowest BCUT2D eigenvalue weighted by molar-refractivity contribution is -0.163. The molecule has 0 heterocycles. The summed E-state index contributed by atoms with van der Waals surface area (Å²) in [5.74, 6) is -0.396. The third-order valence-corrected chi connectivity index (χ3v) is 9.99. The number of allylic oxidation sites excluding steroid dienone is 4. The zero-order valence-electron chi connectivity index (χ0n) is 35.1. The summed E-state index contributed by atoms with van der Waals surface area (Å²) in [5.41, 5.74) is 0. The molecule has 1 unspecified atom stereocenters. The standard InChI is InChI=1S/C47H88O5/c1-4-7-10-13-16-18-20-21-22-23-24-25-26-27-29-30-32-34-37-40-46(48)51-44-45(43-50-42-39-36-15-12-9-6-3)52-47(49)41-38-35-33-31-28-19-17-14-11-8-5-2/h16,18,21-22,45H,4-15,17,19-20,23-44H2,1-3H3/b18-16-,22-21-. The van der Waals surface area contributed by atoms with E-state index in [2.05, 4.69) is 45.1 Å². The fourth-order valence-corrected chi connectivity index (χ4v) is 6.54. The summed E-state index contributed by atoms with van der Waals surface area (Å²) in [5, 5.41) is 0. The van der Waals surface area contributed by atoms with Crippen molar-refractivity contribution in [2.45, 2.75) is 245 Å². The number of esters is 2. The van der Waals surface area contributed by atoms with Gasteiger partial charge < -0.3 is 14.2 Å². The number of ether oxygens (including phenoxy) is 3. The molecule has 1 atom stereocenters. The van der Waals surface area contributed by atoms with Crippen LogP contribution in [-0.2, 0) is 23.8 Å². The van der Waals surface area contributed by atoms with Gasteiger partial charge in [-0.3, -0.25) is 9.59 Å². The molecule has 0 saturated heterocycles. The van der Waals surface area contributed by atoms with E-state index in [0.717, 1.165) is 44.9 Å². The highest BCUT2D eigenvalue weighted by atomic mass is 16.6. The van der Waals surface area contributed by atoms with E-state index in [9.17, 15) is 9.59 Å². The molecule has 5 nitrogen and oxygen atoms in total. The third-order valence-electron chi connectivity index (χ3n) is 9.99. The lowest BCUT2D eigenvalue weighted by Gasteiger charge is -2.18. The Labute approximate surface area is 324 Å². The topological polar surface area (TPSA) is 61.8 Å². The summed E-state index contributed by atoms with van der Waals surface area (Å²) >= 11 is 0. The van der Waals surface area contributed by atoms with E-state index in [-0.39, 0.29) is 18.5 Å². The quantitative estimate of drug-likeness (QED) is 0.0355. The van der Waals surface area contributed by atoms with Crippen LogP contribution in [0.2, 0.25) is 0 Å². The lowest BCUT2D eigenvalue weighted by atomic mass is 10.1. The molecule has 0 aromatic carbocycles. The van der Waals surface area contributed by atoms with E-state index in [1.165, 1.54) is 161 Å². The average Bonchev–Trinajstić information content (AvgIpc) is 3.14. The molecule has 0 aliphatic rings. The maximum atomic E-state index is 12.6. The molecule has 5 heteroatoms. The average molecular weight is 733 g/mol. The monoisotopic (exact) mass is 733 g/mol. The molecule has 0 fully saturated rings. The van der Waals surface area contributed by atoms with Crippen LogP contribution in [0.5, 0.6) is 0 Å². The normalized spacial score (nSPS) is 12.3. The zero-order valence-corrected chi connectivity index (χ0v) is 35.1. The van der Waals surface area contributed by atoms with E-state index in [0.29, 0.717) is 26.1 Å². The Kier molecular flexibility index (Phi) is 42.4. The molecule has 0 radical (unpaired) electrons. The summed E-state index contributed by atoms with van der Waals surface area (Å²) < 4.78 is 17.2. The fraction of sp³-hybridized carbons (Fsp3) is 0.872. The van der Waals surface area contributed by atoms with Crippen molar-refractivity contribution in [3.05, 3.63) is 24.3 Å². The van der Waals surface area contributed by atoms with E-state index < -0.39 is 6.10 Å². The highest BCUT2D eigenvalue weighted by Crippen LogP contribution is 2.14. The van der Waals surface area contributed by atoms with Crippen molar-refractivity contribution < 1.29 is 23.8 Å². The molecular formula is C47H88O5. The van der Waals surface area contributed by atoms with Gasteiger partial charge in [0.25, 0.3) is 0 Å². The first-order valence-electron chi connectivity index (χ1n) is 22.9. The number of carbonyl (C=O) groups is 2. The van der Waals surface area contributed by atoms with Crippen molar-refractivity contribution in [1.29, 1.82) is 0 Å². The molecule has 0 saturated carbocycles. The summed E-state index contributed by atoms with van der Waals surface area (Å²) in [6.07, 6.45) is 49.0. The zero-order chi connectivity index (χ0) is 37.8. The van der Waals surface area contributed by atoms with Crippen LogP contribution in [0.4, 0.5) is 0 Å². The SMILES string of the molecule is CCCCC/C=C\C/C=C\CCCCCCCCCCCC(=O)OCC(COCCCCCCCC)OC(=O)CCCCCCCCCCCCC. The highest BCUT2D eigenvalue weighted by molar-refractivity contribution is 5.70. The maximum absolute atomic E-state index is 12.6. The van der Waals surface area contributed by atoms with Crippen LogP contribution in [0.25, 0.3) is 0 Å². The Balaban J connectivity index is 4.04. The van der Waals surface area contributed by atoms with E-state index >= 15 is 0 Å². The Morgan fingerprint density at radius 3 is 1.31 bits per heavy atom. The van der Waals surface area contributed by atoms with E-state index in [1.54, 1.807) is 0 Å². The second kappa shape index (κ2) is 43.8. The lowest BCUT2D eigenvalue weighted by Crippen LogP contribution is -2.30. The van der Waals surface area contributed by atoms with Crippen molar-refractivity contribution in [1.82, 2.24) is 0 Å². The van der Waals surface area contributed by atoms with Crippen LogP contribution in [0.15, 0.2) is 24.3 Å². The molecule has 0 rings (SSSR count). The Bertz CT molecular complexity index is 791. The Hall–Kier alpha value is -1.62. The molecule has 0 aliphatic heterocycles. The van der Waals surface area contributed by atoms with E-state index in [1.807, 2.05) is 0 Å². The maximum Gasteiger partial charge on any atom is 0.306 e. The van der Waals surface area contributed by atoms with Crippen LogP contribution in [-0.4, -0.2) is 37.9 Å². The van der Waals surface area contributed by atoms with Crippen LogP contribution in [0, 0.1) is 0 Å². The summed E-state index contributed by atoms with van der Waals surface area (Å²) in [7, 11) is 0. The van der Waals surface area contributed by atoms with Crippen LogP contribution >= 0.6 is 0 Å². The number of carbonyl (C=O) groups excluding carboxylic acids is 2. The van der Waals surface area contributed by atoms with Gasteiger partial charge in [-0.2, -0.15) is 0 Å². The summed E-state index contributed by atoms with van der Waals surface area (Å²) in [6, 6.07) is 0. The van der Waals surface area contributed by atoms with Gasteiger partial charge in [-0.25, -0.2) is 0 Å². The molecule has 0 amide bonds. The van der Waals surface area contributed by atoms with Gasteiger partial charge in [-0.05, 0) is 51.4 Å². The molecular weight excluding hydrogens is 645 g/mol. The second-order valence-electron chi connectivity index (χ2n) is 15.3. The van der Waals surface area contributed by atoms with Crippen LogP contribution in [0.1, 0.15) is 239 Å². The largest absolute Gasteiger partial charge is 0.462 e. The van der Waals surface area contributed by atoms with Crippen LogP contribution < -0.4 is 0 Å². The Morgan fingerprint density at radius 1 is 0.423 bits per heavy atom. The first-order valence-corrected chi connectivity index (χ1v) is 22.9. The summed E-state index contributed by atoms with van der Waals surface area (Å²) in [4.78, 5) is 25.1. The van der Waals surface area contributed by atoms with Crippen molar-refractivity contribution in [2.75, 3.05) is 19.8 Å². The van der Waals surface area contributed by atoms with Crippen molar-refractivity contribution in [3.8, 4) is 0 Å². The molecule has 0 N–H and O–H groups in total. The minimum Gasteiger partial charge on any atom is -0.462 e. The second-order valence-corrected chi connectivity index (χ2v) is 15.3. The van der Waals surface area contributed by atoms with E-state index in [4.69, 9.17) is 14.2 Å². The molecule has 0 aliphatic carbocycles. The number of unbranched alkanes of at least 4 members (excludes halogenated alkanes) is 27. The third kappa shape index (κ3) is 41.1. The van der Waals surface area contributed by atoms with Gasteiger partial charge in [0.1, 0.15) is 6.61 Å². The van der Waals surface area contributed by atoms with Crippen LogP contribution in [0.3, 0.4) is 0 Å². The van der Waals surface area contributed by atoms with Crippen molar-refractivity contribution >= 4 is 11.9 Å². The molecule has 306 valence electrons. The van der Waals surface area contributed by atoms with Gasteiger partial charge >= 0.3 is 11.9 Å². The highest BCUT2D eigenvalue weighted by Gasteiger charge is 2.17. The van der Waals surface area contributed by atoms with Gasteiger partial charge in [-0.1, -0.05) is 199 Å². The first-order chi connectivity index (χ1) is 25.6. The van der Waals surface area contributed by atoms with Gasteiger partial charge in [0.15, 0.2) is 6.10 Å². The Morgan fingerprint density at radius 2 is 0.808 bits per heavy atom. The van der Waals surface area contributed by atoms with Gasteiger partial charge in [-0.15, -0.1) is 0 Å². The summed E-state index contributed by atoms with van der Waals surface area (Å²) in [6.45, 7) is 7.78. The van der Waals surface area contributed by atoms with Crippen molar-refractivity contribution in [2.24, 2.45) is 0 Å². The van der Waals surface area contributed by atoms with Gasteiger partial charge in [0.2, 0.25) is 0 Å². The number of hydrogen-bond acceptors (Lipinski definition) is 5. The molecule has 0 aromatic heterocycles. The predicted molar refractivity (Wildman–Crippen MR) is 224 cm³/mol. The predicted octanol–water partition coefficient (Wildman–Crippen LogP) is 14.9. The van der Waals surface area contributed by atoms with Gasteiger partial charge in [0.05, 0.1) is 6.61 Å². The smallest absolute Gasteiger partial charge is 0.306 e. The number of hydrogen-bond donors (Lipinski definition) is 0. The minimum atomic E-state index is -0.525. The van der Waals surface area contributed by atoms with Crippen molar-refractivity contribution in [3.63, 3.8) is 0 Å². The minimum absolute atomic E-state index is 0.0886. The molecule has 0 bridgehead atoms. The molecule has 52 heavy (non-hydrogen) atoms. The van der Waals surface area contributed by atoms with Gasteiger partial charge in [0, 0.05) is 19.4 Å².